The Labute approximate surface area is 189 Å². The van der Waals surface area contributed by atoms with Crippen LogP contribution in [0, 0.1) is 5.82 Å². The number of piperidine rings is 1. The number of carbonyl (C=O) groups excluding carboxylic acids is 1. The molecule has 2 fully saturated rings. The molecule has 10 heteroatoms. The minimum absolute atomic E-state index is 0.0658. The molecular formula is C22H24ClFN6O2. The Balaban J connectivity index is 1.47. The first-order valence-corrected chi connectivity index (χ1v) is 11.1. The molecule has 1 unspecified atom stereocenters. The third-order valence-electron chi connectivity index (χ3n) is 6.54. The van der Waals surface area contributed by atoms with Gasteiger partial charge in [-0.3, -0.25) is 0 Å². The number of aromatic nitrogens is 3. The van der Waals surface area contributed by atoms with E-state index in [1.54, 1.807) is 16.8 Å². The van der Waals surface area contributed by atoms with E-state index >= 15 is 0 Å². The maximum absolute atomic E-state index is 13.9. The van der Waals surface area contributed by atoms with Gasteiger partial charge in [-0.2, -0.15) is 5.10 Å². The summed E-state index contributed by atoms with van der Waals surface area (Å²) < 4.78 is 15.6. The number of aliphatic hydroxyl groups excluding tert-OH is 1. The standard InChI is InChI=1S/C22H24ClFN6O2/c23-17-4-3-13(24)10-15(17)18-2-1-7-29(18)20-6-9-30-21(27-20)16(11-26-30)14-5-8-28(22(25)32)12-19(14)31/h3-4,6,9-11,14,18-19,31H,1-2,5,7-8,12H2,(H2,25,32)/t14?,18-,19+/m1/s1. The largest absolute Gasteiger partial charge is 0.391 e. The Kier molecular flexibility index (Phi) is 5.38. The number of likely N-dealkylation sites (tertiary alicyclic amines) is 1. The van der Waals surface area contributed by atoms with Crippen molar-refractivity contribution in [1.29, 1.82) is 0 Å². The predicted octanol–water partition coefficient (Wildman–Crippen LogP) is 3.09. The van der Waals surface area contributed by atoms with E-state index in [4.69, 9.17) is 22.3 Å². The third-order valence-corrected chi connectivity index (χ3v) is 6.88. The lowest BCUT2D eigenvalue weighted by Gasteiger charge is -2.34. The van der Waals surface area contributed by atoms with Crippen molar-refractivity contribution in [1.82, 2.24) is 19.5 Å². The molecule has 2 aromatic heterocycles. The Hall–Kier alpha value is -2.91. The van der Waals surface area contributed by atoms with Crippen LogP contribution in [0.4, 0.5) is 15.0 Å². The van der Waals surface area contributed by atoms with Crippen LogP contribution in [0.15, 0.2) is 36.7 Å². The number of amides is 2. The van der Waals surface area contributed by atoms with Crippen LogP contribution in [0.1, 0.15) is 42.3 Å². The Morgan fingerprint density at radius 2 is 2.06 bits per heavy atom. The van der Waals surface area contributed by atoms with Crippen molar-refractivity contribution in [2.75, 3.05) is 24.5 Å². The van der Waals surface area contributed by atoms with E-state index in [-0.39, 0.29) is 24.3 Å². The number of aliphatic hydroxyl groups is 1. The molecule has 0 saturated carbocycles. The molecule has 8 nitrogen and oxygen atoms in total. The van der Waals surface area contributed by atoms with E-state index in [0.717, 1.165) is 36.3 Å². The number of β-amino-alcohol motifs (C(OH)–C–C–N with tert-alkyl or cyclic N) is 1. The quantitative estimate of drug-likeness (QED) is 0.628. The summed E-state index contributed by atoms with van der Waals surface area (Å²) in [6.45, 7) is 1.44. The number of halogens is 2. The number of primary amides is 1. The van der Waals surface area contributed by atoms with Crippen LogP contribution in [0.3, 0.4) is 0 Å². The molecule has 0 radical (unpaired) electrons. The number of nitrogens with two attached hydrogens (primary N) is 1. The first-order chi connectivity index (χ1) is 15.4. The summed E-state index contributed by atoms with van der Waals surface area (Å²) in [5.41, 5.74) is 7.62. The van der Waals surface area contributed by atoms with Crippen LogP contribution in [-0.2, 0) is 0 Å². The van der Waals surface area contributed by atoms with E-state index < -0.39 is 12.1 Å². The van der Waals surface area contributed by atoms with Gasteiger partial charge in [0, 0.05) is 42.3 Å². The van der Waals surface area contributed by atoms with Crippen molar-refractivity contribution in [3.05, 3.63) is 58.6 Å². The summed E-state index contributed by atoms with van der Waals surface area (Å²) in [5, 5.41) is 15.6. The van der Waals surface area contributed by atoms with Crippen molar-refractivity contribution in [2.24, 2.45) is 5.73 Å². The zero-order valence-corrected chi connectivity index (χ0v) is 18.1. The molecule has 2 aliphatic rings. The van der Waals surface area contributed by atoms with Crippen LogP contribution >= 0.6 is 11.6 Å². The lowest BCUT2D eigenvalue weighted by Crippen LogP contribution is -2.47. The predicted molar refractivity (Wildman–Crippen MR) is 118 cm³/mol. The molecule has 2 saturated heterocycles. The van der Waals surface area contributed by atoms with E-state index in [2.05, 4.69) is 10.00 Å². The molecule has 3 N–H and O–H groups in total. The fourth-order valence-electron chi connectivity index (χ4n) is 4.93. The molecule has 5 rings (SSSR count). The van der Waals surface area contributed by atoms with Gasteiger partial charge in [0.1, 0.15) is 11.6 Å². The lowest BCUT2D eigenvalue weighted by molar-refractivity contribution is 0.0681. The highest BCUT2D eigenvalue weighted by molar-refractivity contribution is 6.31. The second kappa shape index (κ2) is 8.22. The fourth-order valence-corrected chi connectivity index (χ4v) is 5.17. The van der Waals surface area contributed by atoms with Crippen LogP contribution in [-0.4, -0.2) is 56.4 Å². The summed E-state index contributed by atoms with van der Waals surface area (Å²) in [6.07, 6.45) is 5.19. The zero-order chi connectivity index (χ0) is 22.4. The Bertz CT molecular complexity index is 1170. The van der Waals surface area contributed by atoms with Crippen LogP contribution in [0.5, 0.6) is 0 Å². The van der Waals surface area contributed by atoms with Gasteiger partial charge in [0.05, 0.1) is 18.3 Å². The van der Waals surface area contributed by atoms with Gasteiger partial charge in [0.2, 0.25) is 0 Å². The fraction of sp³-hybridized carbons (Fsp3) is 0.409. The number of fused-ring (bicyclic) bond motifs is 1. The number of rotatable bonds is 3. The Morgan fingerprint density at radius 3 is 2.84 bits per heavy atom. The SMILES string of the molecule is NC(=O)N1CCC(c2cnn3ccc(N4CCC[C@@H]4c4cc(F)ccc4Cl)nc23)[C@@H](O)C1. The molecule has 0 spiro atoms. The molecule has 0 aliphatic carbocycles. The van der Waals surface area contributed by atoms with Gasteiger partial charge >= 0.3 is 6.03 Å². The molecule has 3 atom stereocenters. The molecule has 1 aromatic carbocycles. The number of nitrogens with zero attached hydrogens (tertiary/aromatic N) is 5. The second-order valence-electron chi connectivity index (χ2n) is 8.42. The zero-order valence-electron chi connectivity index (χ0n) is 17.4. The number of anilines is 1. The normalized spacial score (nSPS) is 23.8. The van der Waals surface area contributed by atoms with E-state index in [0.29, 0.717) is 23.6 Å². The molecule has 2 amide bonds. The molecule has 168 valence electrons. The van der Waals surface area contributed by atoms with Gasteiger partial charge in [0.25, 0.3) is 0 Å². The summed E-state index contributed by atoms with van der Waals surface area (Å²) in [5.74, 6) is 0.248. The van der Waals surface area contributed by atoms with Crippen molar-refractivity contribution < 1.29 is 14.3 Å². The van der Waals surface area contributed by atoms with E-state index in [1.165, 1.54) is 17.0 Å². The number of hydrogen-bond donors (Lipinski definition) is 2. The first-order valence-electron chi connectivity index (χ1n) is 10.7. The summed E-state index contributed by atoms with van der Waals surface area (Å²) in [4.78, 5) is 19.9. The van der Waals surface area contributed by atoms with Gasteiger partial charge < -0.3 is 20.6 Å². The summed E-state index contributed by atoms with van der Waals surface area (Å²) in [7, 11) is 0. The molecule has 32 heavy (non-hydrogen) atoms. The number of carbonyl (C=O) groups is 1. The van der Waals surface area contributed by atoms with Gasteiger partial charge in [-0.1, -0.05) is 11.6 Å². The maximum Gasteiger partial charge on any atom is 0.314 e. The third kappa shape index (κ3) is 3.65. The first kappa shape index (κ1) is 21.0. The number of urea groups is 1. The highest BCUT2D eigenvalue weighted by Gasteiger charge is 2.34. The average Bonchev–Trinajstić information content (AvgIpc) is 3.42. The minimum Gasteiger partial charge on any atom is -0.391 e. The average molecular weight is 459 g/mol. The van der Waals surface area contributed by atoms with Crippen molar-refractivity contribution in [2.45, 2.75) is 37.3 Å². The Morgan fingerprint density at radius 1 is 1.22 bits per heavy atom. The van der Waals surface area contributed by atoms with Gasteiger partial charge in [-0.15, -0.1) is 0 Å². The topological polar surface area (TPSA) is 100.0 Å². The summed E-state index contributed by atoms with van der Waals surface area (Å²) in [6, 6.07) is 5.75. The molecule has 0 bridgehead atoms. The van der Waals surface area contributed by atoms with E-state index in [1.807, 2.05) is 12.3 Å². The van der Waals surface area contributed by atoms with Crippen LogP contribution < -0.4 is 10.6 Å². The monoisotopic (exact) mass is 458 g/mol. The van der Waals surface area contributed by atoms with Crippen LogP contribution in [0.2, 0.25) is 5.02 Å². The van der Waals surface area contributed by atoms with Gasteiger partial charge in [0.15, 0.2) is 5.65 Å². The number of benzene rings is 1. The molecular weight excluding hydrogens is 435 g/mol. The van der Waals surface area contributed by atoms with Gasteiger partial charge in [-0.25, -0.2) is 18.7 Å². The number of hydrogen-bond acceptors (Lipinski definition) is 5. The van der Waals surface area contributed by atoms with Gasteiger partial charge in [-0.05, 0) is 49.1 Å². The van der Waals surface area contributed by atoms with Crippen molar-refractivity contribution >= 4 is 29.1 Å². The summed E-state index contributed by atoms with van der Waals surface area (Å²) >= 11 is 6.39. The minimum atomic E-state index is -0.750. The van der Waals surface area contributed by atoms with Crippen molar-refractivity contribution in [3.63, 3.8) is 0 Å². The molecule has 2 aliphatic heterocycles. The van der Waals surface area contributed by atoms with E-state index in [9.17, 15) is 14.3 Å². The van der Waals surface area contributed by atoms with Crippen molar-refractivity contribution in [3.8, 4) is 0 Å². The molecule has 4 heterocycles. The molecule has 3 aromatic rings. The van der Waals surface area contributed by atoms with Crippen LogP contribution in [0.25, 0.3) is 5.65 Å². The highest BCUT2D eigenvalue weighted by atomic mass is 35.5. The smallest absolute Gasteiger partial charge is 0.314 e. The second-order valence-corrected chi connectivity index (χ2v) is 8.83. The maximum atomic E-state index is 13.9. The lowest BCUT2D eigenvalue weighted by atomic mass is 9.88. The highest BCUT2D eigenvalue weighted by Crippen LogP contribution is 2.39.